The highest BCUT2D eigenvalue weighted by Gasteiger charge is 2.40. The van der Waals surface area contributed by atoms with E-state index in [1.165, 1.54) is 16.0 Å². The number of aromatic nitrogens is 2. The molecule has 1 aliphatic heterocycles. The Bertz CT molecular complexity index is 1320. The van der Waals surface area contributed by atoms with Crippen molar-refractivity contribution in [2.75, 3.05) is 6.54 Å². The molecule has 7 heteroatoms. The molecular formula is C29H32N4O3. The Morgan fingerprint density at radius 1 is 0.972 bits per heavy atom. The normalized spacial score (nSPS) is 18.7. The summed E-state index contributed by atoms with van der Waals surface area (Å²) in [5.74, 6) is 0. The van der Waals surface area contributed by atoms with Crippen LogP contribution in [0, 0.1) is 0 Å². The van der Waals surface area contributed by atoms with Crippen LogP contribution in [0.5, 0.6) is 0 Å². The summed E-state index contributed by atoms with van der Waals surface area (Å²) < 4.78 is 1.77. The minimum Gasteiger partial charge on any atom is -0.465 e. The second-order valence-electron chi connectivity index (χ2n) is 9.68. The summed E-state index contributed by atoms with van der Waals surface area (Å²) >= 11 is 0. The number of likely N-dealkylation sites (tertiary alicyclic amines) is 1. The fourth-order valence-electron chi connectivity index (χ4n) is 5.57. The second kappa shape index (κ2) is 10.4. The average Bonchev–Trinajstić information content (AvgIpc) is 3.44. The van der Waals surface area contributed by atoms with Crippen LogP contribution in [0.1, 0.15) is 36.9 Å². The minimum absolute atomic E-state index is 0.0822. The number of rotatable bonds is 8. The Hall–Kier alpha value is -3.84. The van der Waals surface area contributed by atoms with E-state index in [2.05, 4.69) is 41.1 Å². The average molecular weight is 485 g/mol. The number of benzene rings is 3. The highest BCUT2D eigenvalue weighted by atomic mass is 16.4. The van der Waals surface area contributed by atoms with E-state index in [0.717, 1.165) is 24.1 Å². The molecule has 1 aromatic heterocycles. The molecule has 5 rings (SSSR count). The molecule has 3 aromatic carbocycles. The summed E-state index contributed by atoms with van der Waals surface area (Å²) in [6.45, 7) is 4.10. The maximum Gasteiger partial charge on any atom is 0.407 e. The van der Waals surface area contributed by atoms with E-state index in [1.54, 1.807) is 4.57 Å². The maximum absolute atomic E-state index is 13.0. The summed E-state index contributed by atoms with van der Waals surface area (Å²) in [5.41, 5.74) is 3.84. The van der Waals surface area contributed by atoms with Gasteiger partial charge in [-0.1, -0.05) is 72.8 Å². The number of para-hydroxylation sites is 2. The van der Waals surface area contributed by atoms with Crippen molar-refractivity contribution in [2.24, 2.45) is 0 Å². The van der Waals surface area contributed by atoms with Crippen molar-refractivity contribution in [3.05, 3.63) is 107 Å². The lowest BCUT2D eigenvalue weighted by Gasteiger charge is -2.35. The molecule has 36 heavy (non-hydrogen) atoms. The maximum atomic E-state index is 13.0. The van der Waals surface area contributed by atoms with Crippen LogP contribution in [-0.2, 0) is 13.1 Å². The molecule has 2 heterocycles. The van der Waals surface area contributed by atoms with E-state index in [9.17, 15) is 14.7 Å². The molecule has 1 saturated heterocycles. The van der Waals surface area contributed by atoms with Crippen molar-refractivity contribution in [1.82, 2.24) is 19.4 Å². The number of imidazole rings is 1. The van der Waals surface area contributed by atoms with Gasteiger partial charge in [0.15, 0.2) is 0 Å². The Morgan fingerprint density at radius 2 is 1.56 bits per heavy atom. The molecule has 2 N–H and O–H groups in total. The van der Waals surface area contributed by atoms with Gasteiger partial charge >= 0.3 is 11.8 Å². The molecule has 0 aliphatic carbocycles. The van der Waals surface area contributed by atoms with Crippen LogP contribution in [0.2, 0.25) is 0 Å². The number of nitrogens with one attached hydrogen (secondary N) is 1. The number of fused-ring (bicyclic) bond motifs is 1. The number of aromatic amines is 1. The Kier molecular flexibility index (Phi) is 6.91. The van der Waals surface area contributed by atoms with Gasteiger partial charge in [-0.2, -0.15) is 0 Å². The van der Waals surface area contributed by atoms with Gasteiger partial charge in [0.25, 0.3) is 0 Å². The third kappa shape index (κ3) is 4.93. The third-order valence-electron chi connectivity index (χ3n) is 7.37. The summed E-state index contributed by atoms with van der Waals surface area (Å²) in [6.07, 6.45) is 0.311. The van der Waals surface area contributed by atoms with Crippen molar-refractivity contribution < 1.29 is 9.90 Å². The Labute approximate surface area is 210 Å². The molecule has 1 aliphatic rings. The van der Waals surface area contributed by atoms with Gasteiger partial charge in [0.05, 0.1) is 23.1 Å². The van der Waals surface area contributed by atoms with Crippen LogP contribution in [0.4, 0.5) is 4.79 Å². The molecule has 0 saturated carbocycles. The van der Waals surface area contributed by atoms with E-state index >= 15 is 0 Å². The molecule has 3 atom stereocenters. The standard InChI is InChI=1S/C29H32N4O3/c1-21(31(19-22-10-4-2-5-11-22)20-23-12-6-3-7-13-23)18-27-26(16-17-32(27)29(35)36)33-25-15-9-8-14-24(25)30-28(33)34/h2-15,21,26-27H,16-20H2,1H3,(H,30,34)(H,35,36)/t21?,26?,27-/m0/s1. The highest BCUT2D eigenvalue weighted by Crippen LogP contribution is 2.34. The second-order valence-corrected chi connectivity index (χ2v) is 9.68. The number of hydrogen-bond donors (Lipinski definition) is 2. The van der Waals surface area contributed by atoms with Gasteiger partial charge < -0.3 is 15.0 Å². The van der Waals surface area contributed by atoms with Crippen molar-refractivity contribution in [3.8, 4) is 0 Å². The lowest BCUT2D eigenvalue weighted by atomic mass is 9.99. The van der Waals surface area contributed by atoms with Gasteiger partial charge in [0.1, 0.15) is 0 Å². The first-order chi connectivity index (χ1) is 17.5. The predicted molar refractivity (Wildman–Crippen MR) is 141 cm³/mol. The number of nitrogens with zero attached hydrogens (tertiary/aromatic N) is 3. The summed E-state index contributed by atoms with van der Waals surface area (Å²) in [4.78, 5) is 32.1. The van der Waals surface area contributed by atoms with E-state index in [0.29, 0.717) is 19.4 Å². The number of amides is 1. The van der Waals surface area contributed by atoms with Gasteiger partial charge in [-0.3, -0.25) is 9.47 Å². The molecule has 186 valence electrons. The summed E-state index contributed by atoms with van der Waals surface area (Å²) in [7, 11) is 0. The molecule has 0 bridgehead atoms. The summed E-state index contributed by atoms with van der Waals surface area (Å²) in [5, 5.41) is 10.0. The smallest absolute Gasteiger partial charge is 0.407 e. The number of carboxylic acid groups (broad SMARTS) is 1. The lowest BCUT2D eigenvalue weighted by Crippen LogP contribution is -2.44. The number of carbonyl (C=O) groups is 1. The van der Waals surface area contributed by atoms with Crippen LogP contribution in [0.25, 0.3) is 11.0 Å². The molecule has 0 radical (unpaired) electrons. The van der Waals surface area contributed by atoms with E-state index in [-0.39, 0.29) is 23.8 Å². The fraction of sp³-hybridized carbons (Fsp3) is 0.310. The zero-order valence-corrected chi connectivity index (χ0v) is 20.5. The molecule has 7 nitrogen and oxygen atoms in total. The molecule has 0 spiro atoms. The first-order valence-corrected chi connectivity index (χ1v) is 12.5. The highest BCUT2D eigenvalue weighted by molar-refractivity contribution is 5.75. The van der Waals surface area contributed by atoms with Gasteiger partial charge in [-0.25, -0.2) is 9.59 Å². The number of H-pyrrole nitrogens is 1. The monoisotopic (exact) mass is 484 g/mol. The van der Waals surface area contributed by atoms with Crippen molar-refractivity contribution in [2.45, 2.75) is 51.0 Å². The van der Waals surface area contributed by atoms with Crippen LogP contribution >= 0.6 is 0 Å². The Morgan fingerprint density at radius 3 is 2.17 bits per heavy atom. The quantitative estimate of drug-likeness (QED) is 0.364. The molecule has 1 fully saturated rings. The molecule has 1 amide bonds. The van der Waals surface area contributed by atoms with Crippen LogP contribution in [0.15, 0.2) is 89.7 Å². The van der Waals surface area contributed by atoms with Crippen molar-refractivity contribution in [1.29, 1.82) is 0 Å². The zero-order valence-electron chi connectivity index (χ0n) is 20.5. The van der Waals surface area contributed by atoms with Crippen LogP contribution < -0.4 is 5.69 Å². The van der Waals surface area contributed by atoms with Crippen molar-refractivity contribution in [3.63, 3.8) is 0 Å². The predicted octanol–water partition coefficient (Wildman–Crippen LogP) is 5.10. The largest absolute Gasteiger partial charge is 0.465 e. The number of hydrogen-bond acceptors (Lipinski definition) is 3. The van der Waals surface area contributed by atoms with Crippen LogP contribution in [0.3, 0.4) is 0 Å². The Balaban J connectivity index is 1.45. The first-order valence-electron chi connectivity index (χ1n) is 12.5. The van der Waals surface area contributed by atoms with Gasteiger partial charge in [-0.05, 0) is 43.0 Å². The zero-order chi connectivity index (χ0) is 25.1. The molecule has 4 aromatic rings. The summed E-state index contributed by atoms with van der Waals surface area (Å²) in [6, 6.07) is 27.9. The van der Waals surface area contributed by atoms with Crippen LogP contribution in [-0.4, -0.2) is 49.2 Å². The van der Waals surface area contributed by atoms with Gasteiger partial charge in [-0.15, -0.1) is 0 Å². The molecular weight excluding hydrogens is 452 g/mol. The fourth-order valence-corrected chi connectivity index (χ4v) is 5.57. The van der Waals surface area contributed by atoms with Crippen molar-refractivity contribution >= 4 is 17.1 Å². The lowest BCUT2D eigenvalue weighted by molar-refractivity contribution is 0.109. The molecule has 2 unspecified atom stereocenters. The topological polar surface area (TPSA) is 81.6 Å². The first kappa shape index (κ1) is 23.9. The van der Waals surface area contributed by atoms with Gasteiger partial charge in [0.2, 0.25) is 0 Å². The van der Waals surface area contributed by atoms with Gasteiger partial charge in [0, 0.05) is 25.7 Å². The minimum atomic E-state index is -0.930. The third-order valence-corrected chi connectivity index (χ3v) is 7.37. The van der Waals surface area contributed by atoms with E-state index in [4.69, 9.17) is 0 Å². The van der Waals surface area contributed by atoms with E-state index in [1.807, 2.05) is 60.7 Å². The van der Waals surface area contributed by atoms with E-state index < -0.39 is 6.09 Å². The SMILES string of the molecule is CC(C[C@H]1C(n2c(=O)[nH]c3ccccc32)CCN1C(=O)O)N(Cc1ccccc1)Cc1ccccc1.